The highest BCUT2D eigenvalue weighted by Gasteiger charge is 2.06. The molecule has 0 aromatic heterocycles. The van der Waals surface area contributed by atoms with Crippen molar-refractivity contribution >= 4 is 17.7 Å². The Morgan fingerprint density at radius 3 is 2.68 bits per heavy atom. The van der Waals surface area contributed by atoms with Gasteiger partial charge in [-0.15, -0.1) is 0 Å². The minimum atomic E-state index is -0.426. The molecule has 6 nitrogen and oxygen atoms in total. The van der Waals surface area contributed by atoms with E-state index in [1.54, 1.807) is 45.3 Å². The van der Waals surface area contributed by atoms with E-state index in [-0.39, 0.29) is 12.6 Å². The highest BCUT2D eigenvalue weighted by Crippen LogP contribution is 2.17. The second kappa shape index (κ2) is 7.25. The highest BCUT2D eigenvalue weighted by atomic mass is 16.6. The lowest BCUT2D eigenvalue weighted by molar-refractivity contribution is -0.145. The van der Waals surface area contributed by atoms with Crippen molar-refractivity contribution in [1.82, 2.24) is 4.90 Å². The fraction of sp³-hybridized carbons (Fsp3) is 0.385. The molecule has 1 aromatic carbocycles. The van der Waals surface area contributed by atoms with Crippen molar-refractivity contribution < 1.29 is 19.1 Å². The van der Waals surface area contributed by atoms with Gasteiger partial charge < -0.3 is 19.7 Å². The average molecular weight is 266 g/mol. The lowest BCUT2D eigenvalue weighted by Gasteiger charge is -2.13. The number of urea groups is 1. The maximum Gasteiger partial charge on any atom is 0.344 e. The van der Waals surface area contributed by atoms with Crippen LogP contribution < -0.4 is 10.1 Å². The summed E-state index contributed by atoms with van der Waals surface area (Å²) in [4.78, 5) is 24.0. The first kappa shape index (κ1) is 14.8. The van der Waals surface area contributed by atoms with Crippen molar-refractivity contribution in [3.05, 3.63) is 24.3 Å². The minimum Gasteiger partial charge on any atom is -0.482 e. The number of nitrogens with one attached hydrogen (secondary N) is 1. The predicted octanol–water partition coefficient (Wildman–Crippen LogP) is 1.72. The predicted molar refractivity (Wildman–Crippen MR) is 71.3 cm³/mol. The number of carbonyl (C=O) groups is 2. The molecule has 0 heterocycles. The van der Waals surface area contributed by atoms with Crippen molar-refractivity contribution in [1.29, 1.82) is 0 Å². The summed E-state index contributed by atoms with van der Waals surface area (Å²) < 4.78 is 10.0. The van der Waals surface area contributed by atoms with Crippen molar-refractivity contribution in [3.63, 3.8) is 0 Å². The maximum absolute atomic E-state index is 11.5. The van der Waals surface area contributed by atoms with E-state index in [1.807, 2.05) is 0 Å². The third kappa shape index (κ3) is 5.29. The summed E-state index contributed by atoms with van der Waals surface area (Å²) >= 11 is 0. The lowest BCUT2D eigenvalue weighted by Crippen LogP contribution is -2.27. The number of hydrogen-bond donors (Lipinski definition) is 1. The van der Waals surface area contributed by atoms with Gasteiger partial charge in [0.2, 0.25) is 0 Å². The van der Waals surface area contributed by atoms with Gasteiger partial charge in [-0.25, -0.2) is 9.59 Å². The molecule has 1 N–H and O–H groups in total. The highest BCUT2D eigenvalue weighted by molar-refractivity contribution is 5.89. The number of esters is 1. The third-order valence-electron chi connectivity index (χ3n) is 2.15. The van der Waals surface area contributed by atoms with E-state index in [4.69, 9.17) is 9.47 Å². The number of benzene rings is 1. The summed E-state index contributed by atoms with van der Waals surface area (Å²) in [6.07, 6.45) is 0. The van der Waals surface area contributed by atoms with Crippen molar-refractivity contribution in [2.45, 2.75) is 6.92 Å². The zero-order valence-corrected chi connectivity index (χ0v) is 11.3. The maximum atomic E-state index is 11.5. The minimum absolute atomic E-state index is 0.154. The summed E-state index contributed by atoms with van der Waals surface area (Å²) in [6.45, 7) is 1.90. The zero-order chi connectivity index (χ0) is 14.3. The summed E-state index contributed by atoms with van der Waals surface area (Å²) in [5.41, 5.74) is 0.597. The molecular weight excluding hydrogens is 248 g/mol. The molecule has 0 fully saturated rings. The van der Waals surface area contributed by atoms with Crippen LogP contribution in [0.1, 0.15) is 6.92 Å². The van der Waals surface area contributed by atoms with Crippen LogP contribution in [0.25, 0.3) is 0 Å². The van der Waals surface area contributed by atoms with Gasteiger partial charge >= 0.3 is 12.0 Å². The summed E-state index contributed by atoms with van der Waals surface area (Å²) in [7, 11) is 3.30. The standard InChI is InChI=1S/C13H18N2O4/c1-4-18-12(16)9-19-11-7-5-6-10(8-11)14-13(17)15(2)3/h5-8H,4,9H2,1-3H3,(H,14,17). The number of amides is 2. The second-order valence-corrected chi connectivity index (χ2v) is 3.95. The number of ether oxygens (including phenoxy) is 2. The molecule has 0 saturated heterocycles. The topological polar surface area (TPSA) is 67.9 Å². The molecule has 1 rings (SSSR count). The Labute approximate surface area is 112 Å². The third-order valence-corrected chi connectivity index (χ3v) is 2.15. The summed E-state index contributed by atoms with van der Waals surface area (Å²) in [5.74, 6) is 0.0647. The molecule has 0 bridgehead atoms. The van der Waals surface area contributed by atoms with Crippen molar-refractivity contribution in [2.24, 2.45) is 0 Å². The van der Waals surface area contributed by atoms with Gasteiger partial charge in [-0.3, -0.25) is 0 Å². The van der Waals surface area contributed by atoms with Crippen molar-refractivity contribution in [2.75, 3.05) is 32.6 Å². The molecule has 0 aliphatic rings. The molecule has 0 atom stereocenters. The Morgan fingerprint density at radius 1 is 1.32 bits per heavy atom. The lowest BCUT2D eigenvalue weighted by atomic mass is 10.3. The molecule has 0 saturated carbocycles. The van der Waals surface area contributed by atoms with Gasteiger partial charge in [0.25, 0.3) is 0 Å². The first-order valence-corrected chi connectivity index (χ1v) is 5.89. The molecule has 1 aromatic rings. The zero-order valence-electron chi connectivity index (χ0n) is 11.3. The summed E-state index contributed by atoms with van der Waals surface area (Å²) in [6, 6.07) is 6.57. The van der Waals surface area contributed by atoms with E-state index in [0.717, 1.165) is 0 Å². The van der Waals surface area contributed by atoms with E-state index in [1.165, 1.54) is 4.90 Å². The Kier molecular flexibility index (Phi) is 5.66. The smallest absolute Gasteiger partial charge is 0.344 e. The van der Waals surface area contributed by atoms with E-state index in [2.05, 4.69) is 5.32 Å². The Hall–Kier alpha value is -2.24. The number of nitrogens with zero attached hydrogens (tertiary/aromatic N) is 1. The molecule has 19 heavy (non-hydrogen) atoms. The fourth-order valence-corrected chi connectivity index (χ4v) is 1.24. The van der Waals surface area contributed by atoms with Crippen LogP contribution in [0, 0.1) is 0 Å². The summed E-state index contributed by atoms with van der Waals surface area (Å²) in [5, 5.41) is 2.69. The van der Waals surface area contributed by atoms with Crippen LogP contribution in [-0.2, 0) is 9.53 Å². The van der Waals surface area contributed by atoms with Gasteiger partial charge in [-0.05, 0) is 19.1 Å². The first-order valence-electron chi connectivity index (χ1n) is 5.89. The van der Waals surface area contributed by atoms with Crippen LogP contribution in [0.5, 0.6) is 5.75 Å². The van der Waals surface area contributed by atoms with E-state index < -0.39 is 5.97 Å². The monoisotopic (exact) mass is 266 g/mol. The Bertz CT molecular complexity index is 446. The van der Waals surface area contributed by atoms with Gasteiger partial charge in [-0.1, -0.05) is 6.07 Å². The van der Waals surface area contributed by atoms with Crippen LogP contribution in [0.15, 0.2) is 24.3 Å². The number of carbonyl (C=O) groups excluding carboxylic acids is 2. The number of anilines is 1. The van der Waals surface area contributed by atoms with Gasteiger partial charge in [0.05, 0.1) is 6.61 Å². The SMILES string of the molecule is CCOC(=O)COc1cccc(NC(=O)N(C)C)c1. The van der Waals surface area contributed by atoms with Gasteiger partial charge in [0.1, 0.15) is 5.75 Å². The van der Waals surface area contributed by atoms with Gasteiger partial charge in [0, 0.05) is 25.8 Å². The molecule has 0 unspecified atom stereocenters. The molecule has 104 valence electrons. The molecule has 2 amide bonds. The molecule has 0 radical (unpaired) electrons. The average Bonchev–Trinajstić information content (AvgIpc) is 2.37. The Morgan fingerprint density at radius 2 is 2.05 bits per heavy atom. The molecule has 0 spiro atoms. The van der Waals surface area contributed by atoms with Crippen LogP contribution >= 0.6 is 0 Å². The van der Waals surface area contributed by atoms with Crippen LogP contribution in [0.4, 0.5) is 10.5 Å². The van der Waals surface area contributed by atoms with Gasteiger partial charge in [0.15, 0.2) is 6.61 Å². The molecule has 0 aliphatic heterocycles. The fourth-order valence-electron chi connectivity index (χ4n) is 1.24. The normalized spacial score (nSPS) is 9.63. The van der Waals surface area contributed by atoms with Crippen molar-refractivity contribution in [3.8, 4) is 5.75 Å². The second-order valence-electron chi connectivity index (χ2n) is 3.95. The quantitative estimate of drug-likeness (QED) is 0.824. The first-order chi connectivity index (χ1) is 9.02. The van der Waals surface area contributed by atoms with E-state index >= 15 is 0 Å². The largest absolute Gasteiger partial charge is 0.482 e. The van der Waals surface area contributed by atoms with E-state index in [0.29, 0.717) is 18.0 Å². The molecular formula is C13H18N2O4. The number of hydrogen-bond acceptors (Lipinski definition) is 4. The number of rotatable bonds is 5. The molecule has 6 heteroatoms. The van der Waals surface area contributed by atoms with Crippen LogP contribution in [-0.4, -0.2) is 44.2 Å². The van der Waals surface area contributed by atoms with Crippen LogP contribution in [0.3, 0.4) is 0 Å². The molecule has 0 aliphatic carbocycles. The Balaban J connectivity index is 2.57. The van der Waals surface area contributed by atoms with Crippen LogP contribution in [0.2, 0.25) is 0 Å². The van der Waals surface area contributed by atoms with Gasteiger partial charge in [-0.2, -0.15) is 0 Å². The van der Waals surface area contributed by atoms with E-state index in [9.17, 15) is 9.59 Å².